The molecule has 0 unspecified atom stereocenters. The summed E-state index contributed by atoms with van der Waals surface area (Å²) in [5, 5.41) is 18.1. The number of rotatable bonds is 6. The highest BCUT2D eigenvalue weighted by atomic mass is 16.3. The molecule has 0 aromatic heterocycles. The van der Waals surface area contributed by atoms with E-state index in [4.69, 9.17) is 15.9 Å². The molecule has 4 N–H and O–H groups in total. The lowest BCUT2D eigenvalue weighted by molar-refractivity contribution is 0.0827. The van der Waals surface area contributed by atoms with E-state index in [1.54, 1.807) is 37.2 Å². The van der Waals surface area contributed by atoms with Gasteiger partial charge in [0.2, 0.25) is 0 Å². The molecule has 0 aliphatic heterocycles. The van der Waals surface area contributed by atoms with E-state index < -0.39 is 0 Å². The topological polar surface area (TPSA) is 90.0 Å². The number of benzene rings is 1. The van der Waals surface area contributed by atoms with Crippen LogP contribution in [0.3, 0.4) is 0 Å². The number of carbonyl (C=O) groups excluding carboxylic acids is 1. The Labute approximate surface area is 113 Å². The summed E-state index contributed by atoms with van der Waals surface area (Å²) in [5.41, 5.74) is 7.58. The lowest BCUT2D eigenvalue weighted by Crippen LogP contribution is -2.31. The van der Waals surface area contributed by atoms with Gasteiger partial charge in [0.05, 0.1) is 24.6 Å². The number of aliphatic hydroxyl groups is 2. The van der Waals surface area contributed by atoms with Crippen LogP contribution in [0.5, 0.6) is 0 Å². The van der Waals surface area contributed by atoms with Crippen molar-refractivity contribution in [2.24, 2.45) is 0 Å². The summed E-state index contributed by atoms with van der Waals surface area (Å²) < 4.78 is 0. The van der Waals surface area contributed by atoms with Crippen molar-refractivity contribution in [3.8, 4) is 0 Å². The second-order valence-corrected chi connectivity index (χ2v) is 4.41. The molecule has 1 amide bonds. The summed E-state index contributed by atoms with van der Waals surface area (Å²) in [5.74, 6) is -0.116. The molecule has 1 aromatic rings. The number of carbonyl (C=O) groups is 1. The van der Waals surface area contributed by atoms with E-state index in [0.29, 0.717) is 30.0 Å². The summed E-state index contributed by atoms with van der Waals surface area (Å²) in [6.07, 6.45) is 0. The normalized spacial score (nSPS) is 10.3. The Balaban J connectivity index is 3.10. The maximum absolute atomic E-state index is 11.9. The van der Waals surface area contributed by atoms with Gasteiger partial charge in [-0.25, -0.2) is 0 Å². The average molecular weight is 267 g/mol. The van der Waals surface area contributed by atoms with E-state index in [2.05, 4.69) is 0 Å². The molecular formula is C13H21N3O3. The third-order valence-electron chi connectivity index (χ3n) is 2.76. The molecule has 1 aromatic carbocycles. The van der Waals surface area contributed by atoms with E-state index in [1.807, 2.05) is 0 Å². The minimum Gasteiger partial charge on any atom is -0.397 e. The zero-order valence-corrected chi connectivity index (χ0v) is 11.3. The maximum atomic E-state index is 11.9. The van der Waals surface area contributed by atoms with Gasteiger partial charge in [0.15, 0.2) is 0 Å². The molecule has 0 fully saturated rings. The van der Waals surface area contributed by atoms with Gasteiger partial charge in [-0.1, -0.05) is 0 Å². The highest BCUT2D eigenvalue weighted by molar-refractivity contribution is 5.96. The zero-order valence-electron chi connectivity index (χ0n) is 11.3. The van der Waals surface area contributed by atoms with Crippen LogP contribution in [0.4, 0.5) is 11.4 Å². The van der Waals surface area contributed by atoms with E-state index in [1.165, 1.54) is 4.90 Å². The molecule has 0 bridgehead atoms. The summed E-state index contributed by atoms with van der Waals surface area (Å²) in [4.78, 5) is 15.1. The minimum absolute atomic E-state index is 0.0503. The van der Waals surface area contributed by atoms with Crippen molar-refractivity contribution in [3.05, 3.63) is 23.8 Å². The van der Waals surface area contributed by atoms with Gasteiger partial charge in [0.1, 0.15) is 0 Å². The van der Waals surface area contributed by atoms with Crippen LogP contribution in [0.15, 0.2) is 18.2 Å². The predicted octanol–water partition coefficient (Wildman–Crippen LogP) is -0.238. The van der Waals surface area contributed by atoms with Gasteiger partial charge in [0.25, 0.3) is 5.91 Å². The van der Waals surface area contributed by atoms with Crippen LogP contribution in [-0.2, 0) is 0 Å². The highest BCUT2D eigenvalue weighted by Crippen LogP contribution is 2.24. The van der Waals surface area contributed by atoms with Crippen LogP contribution in [0.2, 0.25) is 0 Å². The fourth-order valence-electron chi connectivity index (χ4n) is 1.80. The number of amides is 1. The van der Waals surface area contributed by atoms with Crippen molar-refractivity contribution in [2.45, 2.75) is 0 Å². The van der Waals surface area contributed by atoms with E-state index in [9.17, 15) is 4.79 Å². The lowest BCUT2D eigenvalue weighted by Gasteiger charge is -2.25. The fourth-order valence-corrected chi connectivity index (χ4v) is 1.80. The van der Waals surface area contributed by atoms with Gasteiger partial charge in [-0.15, -0.1) is 0 Å². The zero-order chi connectivity index (χ0) is 14.4. The summed E-state index contributed by atoms with van der Waals surface area (Å²) in [6, 6.07) is 5.01. The predicted molar refractivity (Wildman–Crippen MR) is 75.3 cm³/mol. The summed E-state index contributed by atoms with van der Waals surface area (Å²) in [6.45, 7) is 0.603. The standard InChI is InChI=1S/C13H21N3O3/c1-15(2)13(19)10-3-4-11(14)12(9-10)16(5-7-17)6-8-18/h3-4,9,17-18H,5-8,14H2,1-2H3. The number of anilines is 2. The number of nitrogens with zero attached hydrogens (tertiary/aromatic N) is 2. The van der Waals surface area contributed by atoms with Crippen LogP contribution in [0.1, 0.15) is 10.4 Å². The molecule has 0 aliphatic carbocycles. The van der Waals surface area contributed by atoms with Crippen molar-refractivity contribution in [1.82, 2.24) is 4.90 Å². The van der Waals surface area contributed by atoms with Gasteiger partial charge in [-0.2, -0.15) is 0 Å². The van der Waals surface area contributed by atoms with E-state index in [0.717, 1.165) is 0 Å². The van der Waals surface area contributed by atoms with Crippen LogP contribution < -0.4 is 10.6 Å². The van der Waals surface area contributed by atoms with Crippen LogP contribution >= 0.6 is 0 Å². The Kier molecular flexibility index (Phi) is 5.59. The van der Waals surface area contributed by atoms with Crippen molar-refractivity contribution in [3.63, 3.8) is 0 Å². The number of nitrogen functional groups attached to an aromatic ring is 1. The second kappa shape index (κ2) is 6.96. The Morgan fingerprint density at radius 3 is 2.26 bits per heavy atom. The smallest absolute Gasteiger partial charge is 0.253 e. The van der Waals surface area contributed by atoms with Crippen LogP contribution in [0.25, 0.3) is 0 Å². The Hall–Kier alpha value is -1.79. The Morgan fingerprint density at radius 2 is 1.79 bits per heavy atom. The second-order valence-electron chi connectivity index (χ2n) is 4.41. The molecule has 0 saturated carbocycles. The van der Waals surface area contributed by atoms with E-state index in [-0.39, 0.29) is 19.1 Å². The molecule has 0 heterocycles. The van der Waals surface area contributed by atoms with Crippen molar-refractivity contribution in [1.29, 1.82) is 0 Å². The summed E-state index contributed by atoms with van der Waals surface area (Å²) >= 11 is 0. The first-order valence-electron chi connectivity index (χ1n) is 6.09. The monoisotopic (exact) mass is 267 g/mol. The van der Waals surface area contributed by atoms with Gasteiger partial charge in [-0.05, 0) is 18.2 Å². The molecule has 0 saturated heterocycles. The third-order valence-corrected chi connectivity index (χ3v) is 2.76. The molecule has 6 nitrogen and oxygen atoms in total. The maximum Gasteiger partial charge on any atom is 0.253 e. The molecule has 19 heavy (non-hydrogen) atoms. The molecule has 1 rings (SSSR count). The van der Waals surface area contributed by atoms with E-state index >= 15 is 0 Å². The van der Waals surface area contributed by atoms with Crippen LogP contribution in [-0.4, -0.2) is 61.4 Å². The SMILES string of the molecule is CN(C)C(=O)c1ccc(N)c(N(CCO)CCO)c1. The molecule has 106 valence electrons. The number of aliphatic hydroxyl groups excluding tert-OH is 2. The van der Waals surface area contributed by atoms with Crippen molar-refractivity contribution >= 4 is 17.3 Å². The Bertz CT molecular complexity index is 429. The molecule has 0 aliphatic rings. The fraction of sp³-hybridized carbons (Fsp3) is 0.462. The number of hydrogen-bond donors (Lipinski definition) is 3. The molecular weight excluding hydrogens is 246 g/mol. The lowest BCUT2D eigenvalue weighted by atomic mass is 10.1. The van der Waals surface area contributed by atoms with Crippen molar-refractivity contribution in [2.75, 3.05) is 51.0 Å². The van der Waals surface area contributed by atoms with Gasteiger partial charge in [0, 0.05) is 32.7 Å². The van der Waals surface area contributed by atoms with Gasteiger partial charge >= 0.3 is 0 Å². The summed E-state index contributed by atoms with van der Waals surface area (Å²) in [7, 11) is 3.36. The number of nitrogens with two attached hydrogens (primary N) is 1. The van der Waals surface area contributed by atoms with Gasteiger partial charge in [-0.3, -0.25) is 4.79 Å². The highest BCUT2D eigenvalue weighted by Gasteiger charge is 2.14. The minimum atomic E-state index is -0.116. The molecule has 0 atom stereocenters. The first-order chi connectivity index (χ1) is 9.01. The third kappa shape index (κ3) is 3.84. The first-order valence-corrected chi connectivity index (χ1v) is 6.09. The van der Waals surface area contributed by atoms with Crippen molar-refractivity contribution < 1.29 is 15.0 Å². The number of hydrogen-bond acceptors (Lipinski definition) is 5. The molecule has 0 radical (unpaired) electrons. The van der Waals surface area contributed by atoms with Gasteiger partial charge < -0.3 is 25.7 Å². The largest absolute Gasteiger partial charge is 0.397 e. The molecule has 0 spiro atoms. The first kappa shape index (κ1) is 15.3. The quantitative estimate of drug-likeness (QED) is 0.619. The van der Waals surface area contributed by atoms with Crippen LogP contribution in [0, 0.1) is 0 Å². The molecule has 6 heteroatoms. The average Bonchev–Trinajstić information content (AvgIpc) is 2.38. The Morgan fingerprint density at radius 1 is 1.21 bits per heavy atom.